The Morgan fingerprint density at radius 2 is 1.62 bits per heavy atom. The Morgan fingerprint density at radius 3 is 2.07 bits per heavy atom. The van der Waals surface area contributed by atoms with Gasteiger partial charge in [0.25, 0.3) is 5.72 Å². The molecular formula is C19H24N4O5S. The maximum Gasteiger partial charge on any atom is 0.364 e. The number of carbonyl (C=O) groups is 1. The Hall–Kier alpha value is -2.69. The lowest BCUT2D eigenvalue weighted by Crippen LogP contribution is -2.56. The van der Waals surface area contributed by atoms with Crippen LogP contribution < -0.4 is 19.3 Å². The summed E-state index contributed by atoms with van der Waals surface area (Å²) in [4.78, 5) is 20.2. The van der Waals surface area contributed by atoms with Crippen molar-refractivity contribution in [1.82, 2.24) is 9.71 Å². The van der Waals surface area contributed by atoms with Gasteiger partial charge in [-0.25, -0.2) is 9.00 Å². The average Bonchev–Trinajstić information content (AvgIpc) is 2.74. The molecule has 2 heterocycles. The number of ether oxygens (including phenoxy) is 1. The van der Waals surface area contributed by atoms with Crippen molar-refractivity contribution < 1.29 is 23.4 Å². The third-order valence-electron chi connectivity index (χ3n) is 4.90. The summed E-state index contributed by atoms with van der Waals surface area (Å²) in [6.45, 7) is 5.02. The Labute approximate surface area is 171 Å². The summed E-state index contributed by atoms with van der Waals surface area (Å²) in [5.41, 5.74) is 0.182. The van der Waals surface area contributed by atoms with Gasteiger partial charge in [0.05, 0.1) is 0 Å². The van der Waals surface area contributed by atoms with Gasteiger partial charge in [0.15, 0.2) is 0 Å². The molecule has 1 saturated heterocycles. The van der Waals surface area contributed by atoms with Crippen LogP contribution in [0, 0.1) is 0 Å². The number of nitrogens with one attached hydrogen (secondary N) is 1. The van der Waals surface area contributed by atoms with E-state index in [0.29, 0.717) is 5.75 Å². The van der Waals surface area contributed by atoms with Crippen molar-refractivity contribution in [3.63, 3.8) is 0 Å². The third-order valence-corrected chi connectivity index (χ3v) is 5.40. The Balaban J connectivity index is 1.64. The van der Waals surface area contributed by atoms with Gasteiger partial charge in [-0.05, 0) is 36.4 Å². The smallest absolute Gasteiger partial charge is 0.364 e. The van der Waals surface area contributed by atoms with E-state index < -0.39 is 23.0 Å². The first-order valence-corrected chi connectivity index (χ1v) is 10.4. The number of aromatic nitrogens is 1. The third kappa shape index (κ3) is 5.03. The van der Waals surface area contributed by atoms with Gasteiger partial charge >= 0.3 is 5.97 Å². The number of hydrogen-bond acceptors (Lipinski definition) is 6. The first-order valence-electron chi connectivity index (χ1n) is 9.24. The maximum atomic E-state index is 11.6. The number of hydrogen-bond donors (Lipinski definition) is 3. The molecule has 1 aromatic carbocycles. The summed E-state index contributed by atoms with van der Waals surface area (Å²) in [7, 11) is 0. The first-order chi connectivity index (χ1) is 13.9. The lowest BCUT2D eigenvalue weighted by Gasteiger charge is -2.37. The highest BCUT2D eigenvalue weighted by Crippen LogP contribution is 2.25. The molecule has 2 aromatic rings. The van der Waals surface area contributed by atoms with Crippen LogP contribution in [0.4, 0.5) is 11.4 Å². The lowest BCUT2D eigenvalue weighted by molar-refractivity contribution is -0.157. The van der Waals surface area contributed by atoms with Crippen LogP contribution in [-0.2, 0) is 16.1 Å². The highest BCUT2D eigenvalue weighted by Gasteiger charge is 2.41. The fraction of sp³-hybridized carbons (Fsp3) is 0.368. The van der Waals surface area contributed by atoms with Crippen LogP contribution in [0.5, 0.6) is 5.75 Å². The molecule has 1 aromatic heterocycles. The molecule has 10 heteroatoms. The molecule has 3 rings (SSSR count). The van der Waals surface area contributed by atoms with Gasteiger partial charge in [-0.3, -0.25) is 9.54 Å². The van der Waals surface area contributed by atoms with Crippen LogP contribution in [0.2, 0.25) is 0 Å². The largest absolute Gasteiger partial charge is 0.477 e. The van der Waals surface area contributed by atoms with Crippen LogP contribution in [-0.4, -0.2) is 56.7 Å². The molecule has 0 spiro atoms. The molecule has 9 nitrogen and oxygen atoms in total. The molecular weight excluding hydrogens is 396 g/mol. The SMILES string of the molecule is CCC(NS(=O)O)(Oc1ccc(N2CCN(c3ccncc3)CC2)cc1)C(=O)O. The summed E-state index contributed by atoms with van der Waals surface area (Å²) >= 11 is -2.53. The quantitative estimate of drug-likeness (QED) is 0.437. The van der Waals surface area contributed by atoms with Crippen molar-refractivity contribution in [3.05, 3.63) is 48.8 Å². The minimum absolute atomic E-state index is 0.0344. The number of carboxylic acid groups (broad SMARTS) is 1. The molecule has 0 saturated carbocycles. The number of benzene rings is 1. The molecule has 1 fully saturated rings. The summed E-state index contributed by atoms with van der Waals surface area (Å²) in [6, 6.07) is 11.0. The molecule has 0 aliphatic carbocycles. The fourth-order valence-corrected chi connectivity index (χ4v) is 3.80. The van der Waals surface area contributed by atoms with Gasteiger partial charge in [0, 0.05) is 56.4 Å². The van der Waals surface area contributed by atoms with Crippen LogP contribution in [0.15, 0.2) is 48.8 Å². The van der Waals surface area contributed by atoms with Gasteiger partial charge in [-0.2, -0.15) is 4.72 Å². The number of aliphatic carboxylic acids is 1. The number of anilines is 2. The standard InChI is InChI=1S/C19H24N4O5S/c1-2-19(18(24)25,21-29(26)27)28-17-5-3-15(4-6-17)22-11-13-23(14-12-22)16-7-9-20-10-8-16/h3-10,21H,2,11-14H2,1H3,(H,24,25)(H,26,27). The van der Waals surface area contributed by atoms with Crippen molar-refractivity contribution in [1.29, 1.82) is 0 Å². The monoisotopic (exact) mass is 420 g/mol. The Bertz CT molecular complexity index is 843. The number of pyridine rings is 1. The summed E-state index contributed by atoms with van der Waals surface area (Å²) < 4.78 is 27.8. The number of piperazine rings is 1. The van der Waals surface area contributed by atoms with E-state index in [4.69, 9.17) is 9.29 Å². The number of nitrogens with zero attached hydrogens (tertiary/aromatic N) is 3. The molecule has 2 atom stereocenters. The molecule has 1 aliphatic heterocycles. The summed E-state index contributed by atoms with van der Waals surface area (Å²) in [5, 5.41) is 9.46. The van der Waals surface area contributed by atoms with Gasteiger partial charge < -0.3 is 19.6 Å². The zero-order chi connectivity index (χ0) is 20.9. The predicted molar refractivity (Wildman–Crippen MR) is 110 cm³/mol. The van der Waals surface area contributed by atoms with Gasteiger partial charge in [0.2, 0.25) is 11.3 Å². The van der Waals surface area contributed by atoms with Gasteiger partial charge in [0.1, 0.15) is 5.75 Å². The van der Waals surface area contributed by atoms with Gasteiger partial charge in [-0.1, -0.05) is 6.92 Å². The number of carboxylic acids is 1. The summed E-state index contributed by atoms with van der Waals surface area (Å²) in [5.74, 6) is -1.06. The molecule has 29 heavy (non-hydrogen) atoms. The molecule has 3 N–H and O–H groups in total. The van der Waals surface area contributed by atoms with E-state index in [1.807, 2.05) is 24.3 Å². The minimum Gasteiger partial charge on any atom is -0.477 e. The van der Waals surface area contributed by atoms with Crippen molar-refractivity contribution in [2.24, 2.45) is 0 Å². The van der Waals surface area contributed by atoms with E-state index in [0.717, 1.165) is 37.6 Å². The molecule has 0 radical (unpaired) electrons. The van der Waals surface area contributed by atoms with Gasteiger partial charge in [-0.15, -0.1) is 0 Å². The second-order valence-electron chi connectivity index (χ2n) is 6.61. The normalized spacial score (nSPS) is 17.4. The minimum atomic E-state index is -2.53. The van der Waals surface area contributed by atoms with Crippen molar-refractivity contribution in [3.8, 4) is 5.75 Å². The van der Waals surface area contributed by atoms with E-state index in [-0.39, 0.29) is 6.42 Å². The van der Waals surface area contributed by atoms with E-state index in [9.17, 15) is 14.1 Å². The van der Waals surface area contributed by atoms with E-state index in [1.54, 1.807) is 31.5 Å². The van der Waals surface area contributed by atoms with Crippen molar-refractivity contribution in [2.45, 2.75) is 19.1 Å². The highest BCUT2D eigenvalue weighted by molar-refractivity contribution is 7.77. The topological polar surface area (TPSA) is 115 Å². The molecule has 156 valence electrons. The highest BCUT2D eigenvalue weighted by atomic mass is 32.2. The van der Waals surface area contributed by atoms with Crippen LogP contribution in [0.1, 0.15) is 13.3 Å². The predicted octanol–water partition coefficient (Wildman–Crippen LogP) is 1.70. The second-order valence-corrected chi connectivity index (χ2v) is 7.31. The Kier molecular flexibility index (Phi) is 6.68. The summed E-state index contributed by atoms with van der Waals surface area (Å²) in [6.07, 6.45) is 3.54. The fourth-order valence-electron chi connectivity index (χ4n) is 3.25. The average molecular weight is 420 g/mol. The zero-order valence-electron chi connectivity index (χ0n) is 16.0. The molecule has 1 aliphatic rings. The van der Waals surface area contributed by atoms with E-state index in [2.05, 4.69) is 19.5 Å². The maximum absolute atomic E-state index is 11.6. The number of rotatable bonds is 8. The van der Waals surface area contributed by atoms with Crippen molar-refractivity contribution >= 4 is 28.6 Å². The second kappa shape index (κ2) is 9.21. The van der Waals surface area contributed by atoms with Crippen molar-refractivity contribution in [2.75, 3.05) is 36.0 Å². The van der Waals surface area contributed by atoms with Crippen LogP contribution >= 0.6 is 0 Å². The van der Waals surface area contributed by atoms with E-state index >= 15 is 0 Å². The molecule has 0 amide bonds. The molecule has 2 unspecified atom stereocenters. The van der Waals surface area contributed by atoms with Crippen LogP contribution in [0.25, 0.3) is 0 Å². The lowest BCUT2D eigenvalue weighted by atomic mass is 10.1. The first kappa shape index (κ1) is 21.0. The van der Waals surface area contributed by atoms with Crippen LogP contribution in [0.3, 0.4) is 0 Å². The zero-order valence-corrected chi connectivity index (χ0v) is 16.8. The molecule has 0 bridgehead atoms. The van der Waals surface area contributed by atoms with E-state index in [1.165, 1.54) is 0 Å². The Morgan fingerprint density at radius 1 is 1.10 bits per heavy atom.